The summed E-state index contributed by atoms with van der Waals surface area (Å²) < 4.78 is 5.60. The molecule has 1 N–H and O–H groups in total. The van der Waals surface area contributed by atoms with Crippen molar-refractivity contribution < 1.29 is 9.84 Å². The smallest absolute Gasteiger partial charge is 0.109 e. The van der Waals surface area contributed by atoms with Gasteiger partial charge in [0.05, 0.1) is 12.2 Å². The lowest BCUT2D eigenvalue weighted by Gasteiger charge is -2.26. The number of ether oxygens (including phenoxy) is 1. The number of rotatable bonds is 3. The van der Waals surface area contributed by atoms with E-state index >= 15 is 0 Å². The van der Waals surface area contributed by atoms with Gasteiger partial charge in [-0.3, -0.25) is 0 Å². The first-order valence-electron chi connectivity index (χ1n) is 5.41. The third kappa shape index (κ3) is 3.12. The third-order valence-corrected chi connectivity index (χ3v) is 4.66. The zero-order valence-corrected chi connectivity index (χ0v) is 11.1. The van der Waals surface area contributed by atoms with Crippen molar-refractivity contribution in [3.05, 3.63) is 0 Å². The van der Waals surface area contributed by atoms with Crippen molar-refractivity contribution in [1.82, 2.24) is 0 Å². The summed E-state index contributed by atoms with van der Waals surface area (Å²) in [6.45, 7) is 7.25. The molecule has 1 heterocycles. The van der Waals surface area contributed by atoms with Crippen LogP contribution in [0.1, 0.15) is 20.3 Å². The first kappa shape index (κ1) is 13.4. The molecule has 1 rings (SSSR count). The van der Waals surface area contributed by atoms with E-state index < -0.39 is 13.0 Å². The second-order valence-corrected chi connectivity index (χ2v) is 10.1. The Morgan fingerprint density at radius 2 is 2.00 bits per heavy atom. The molecule has 1 aliphatic heterocycles. The molecule has 86 valence electrons. The molecule has 0 spiro atoms. The highest BCUT2D eigenvalue weighted by atomic mass is 31.2. The Bertz CT molecular complexity index is 272. The van der Waals surface area contributed by atoms with Gasteiger partial charge in [-0.25, -0.2) is 0 Å². The van der Waals surface area contributed by atoms with E-state index in [2.05, 4.69) is 19.6 Å². The van der Waals surface area contributed by atoms with Gasteiger partial charge in [-0.2, -0.15) is 0 Å². The summed E-state index contributed by atoms with van der Waals surface area (Å²) in [5.74, 6) is 0. The molecule has 0 aliphatic carbocycles. The molecule has 1 fully saturated rings. The fourth-order valence-electron chi connectivity index (χ4n) is 1.79. The largest absolute Gasteiger partial charge is 0.390 e. The van der Waals surface area contributed by atoms with Crippen LogP contribution in [0.15, 0.2) is 0 Å². The molecule has 0 amide bonds. The minimum Gasteiger partial charge on any atom is -0.390 e. The second kappa shape index (κ2) is 4.27. The maximum absolute atomic E-state index is 10.1. The Morgan fingerprint density at radius 1 is 1.47 bits per heavy atom. The molecule has 2 nitrogen and oxygen atoms in total. The van der Waals surface area contributed by atoms with Gasteiger partial charge in [-0.05, 0) is 25.9 Å². The van der Waals surface area contributed by atoms with Gasteiger partial charge < -0.3 is 9.84 Å². The zero-order chi connectivity index (χ0) is 11.9. The Kier molecular flexibility index (Phi) is 3.80. The first-order valence-corrected chi connectivity index (χ1v) is 8.46. The molecule has 0 aromatic rings. The van der Waals surface area contributed by atoms with Crippen LogP contribution in [0.5, 0.6) is 0 Å². The molecule has 0 saturated carbocycles. The first-order chi connectivity index (χ1) is 6.64. The van der Waals surface area contributed by atoms with Crippen molar-refractivity contribution >= 4 is 21.0 Å². The van der Waals surface area contributed by atoms with Crippen molar-refractivity contribution in [1.29, 1.82) is 0 Å². The van der Waals surface area contributed by atoms with Crippen LogP contribution in [0.25, 0.3) is 0 Å². The molecule has 4 heteroatoms. The van der Waals surface area contributed by atoms with Crippen LogP contribution >= 0.6 is 6.89 Å². The molecule has 0 unspecified atom stereocenters. The highest BCUT2D eigenvalue weighted by molar-refractivity contribution is 7.72. The van der Waals surface area contributed by atoms with Gasteiger partial charge in [0.1, 0.15) is 7.85 Å². The Labute approximate surface area is 94.8 Å². The molecule has 3 atom stereocenters. The molecule has 15 heavy (non-hydrogen) atoms. The van der Waals surface area contributed by atoms with Gasteiger partial charge in [0.25, 0.3) is 0 Å². The monoisotopic (exact) mass is 228 g/mol. The van der Waals surface area contributed by atoms with Gasteiger partial charge in [0.15, 0.2) is 0 Å². The predicted octanol–water partition coefficient (Wildman–Crippen LogP) is 1.37. The molecule has 0 aromatic heterocycles. The average molecular weight is 228 g/mol. The van der Waals surface area contributed by atoms with Crippen molar-refractivity contribution in [3.63, 3.8) is 0 Å². The summed E-state index contributed by atoms with van der Waals surface area (Å²) in [6.07, 6.45) is 5.48. The van der Waals surface area contributed by atoms with Crippen LogP contribution in [0.3, 0.4) is 0 Å². The molecular formula is C11H22BO2P. The van der Waals surface area contributed by atoms with Crippen LogP contribution in [-0.2, 0) is 4.74 Å². The Balaban J connectivity index is 2.57. The Morgan fingerprint density at radius 3 is 2.33 bits per heavy atom. The van der Waals surface area contributed by atoms with Crippen LogP contribution < -0.4 is 0 Å². The minimum absolute atomic E-state index is 0.115. The summed E-state index contributed by atoms with van der Waals surface area (Å²) in [5, 5.41) is 10.1. The second-order valence-electron chi connectivity index (χ2n) is 5.81. The van der Waals surface area contributed by atoms with Crippen molar-refractivity contribution in [2.75, 3.05) is 19.5 Å². The van der Waals surface area contributed by atoms with Crippen LogP contribution in [-0.4, -0.2) is 57.0 Å². The van der Waals surface area contributed by atoms with E-state index in [1.807, 2.05) is 13.8 Å². The van der Waals surface area contributed by atoms with Crippen molar-refractivity contribution in [2.45, 2.75) is 38.5 Å². The molecular weight excluding hydrogens is 206 g/mol. The normalized spacial score (nSPS) is 35.7. The lowest BCUT2D eigenvalue weighted by Crippen LogP contribution is -2.36. The highest BCUT2D eigenvalue weighted by Crippen LogP contribution is 2.42. The molecule has 1 saturated heterocycles. The van der Waals surface area contributed by atoms with E-state index in [0.29, 0.717) is 0 Å². The van der Waals surface area contributed by atoms with Crippen LogP contribution in [0, 0.1) is 5.41 Å². The maximum atomic E-state index is 10.1. The topological polar surface area (TPSA) is 29.5 Å². The van der Waals surface area contributed by atoms with Crippen molar-refractivity contribution in [2.24, 2.45) is 5.41 Å². The SMILES string of the molecule is [B][C@@H]1O[C@H](CCP(=C)(C)C)[C@@H](O)C1(C)C. The third-order valence-electron chi connectivity index (χ3n) is 3.19. The van der Waals surface area contributed by atoms with Crippen LogP contribution in [0.4, 0.5) is 0 Å². The minimum atomic E-state index is -1.04. The summed E-state index contributed by atoms with van der Waals surface area (Å²) in [4.78, 5) is 0. The Hall–Kier alpha value is 0.285. The van der Waals surface area contributed by atoms with E-state index in [4.69, 9.17) is 12.6 Å². The number of aliphatic hydroxyl groups is 1. The summed E-state index contributed by atoms with van der Waals surface area (Å²) >= 11 is 0. The van der Waals surface area contributed by atoms with Gasteiger partial charge in [0, 0.05) is 11.4 Å². The van der Waals surface area contributed by atoms with Gasteiger partial charge in [-0.1, -0.05) is 13.8 Å². The van der Waals surface area contributed by atoms with Gasteiger partial charge in [-0.15, -0.1) is 13.2 Å². The number of hydrogen-bond donors (Lipinski definition) is 1. The maximum Gasteiger partial charge on any atom is 0.109 e. The average Bonchev–Trinajstić information content (AvgIpc) is 2.25. The van der Waals surface area contributed by atoms with Crippen LogP contribution in [0.2, 0.25) is 0 Å². The highest BCUT2D eigenvalue weighted by Gasteiger charge is 2.46. The van der Waals surface area contributed by atoms with E-state index in [1.54, 1.807) is 0 Å². The fraction of sp³-hybridized carbons (Fsp3) is 0.909. The number of hydrogen-bond acceptors (Lipinski definition) is 2. The predicted molar refractivity (Wildman–Crippen MR) is 69.6 cm³/mol. The standard InChI is InChI=1S/C11H22BO2P/c1-11(2)9(13)8(14-10(11)12)6-7-15(3,4)5/h8-10,13H,3,6-7H2,1-2,4-5H3/t8-,9-,10-/m1/s1. The summed E-state index contributed by atoms with van der Waals surface area (Å²) in [7, 11) is 5.84. The number of aliphatic hydroxyl groups excluding tert-OH is 1. The lowest BCUT2D eigenvalue weighted by atomic mass is 9.73. The lowest BCUT2D eigenvalue weighted by molar-refractivity contribution is 0.0266. The van der Waals surface area contributed by atoms with E-state index in [9.17, 15) is 5.11 Å². The van der Waals surface area contributed by atoms with E-state index in [1.165, 1.54) is 0 Å². The quantitative estimate of drug-likeness (QED) is 0.583. The fourth-order valence-corrected chi connectivity index (χ4v) is 2.74. The van der Waals surface area contributed by atoms with E-state index in [0.717, 1.165) is 12.6 Å². The molecule has 0 aromatic carbocycles. The molecule has 1 aliphatic rings. The van der Waals surface area contributed by atoms with E-state index in [-0.39, 0.29) is 17.5 Å². The molecule has 0 bridgehead atoms. The summed E-state index contributed by atoms with van der Waals surface area (Å²) in [6, 6.07) is -0.358. The molecule has 2 radical (unpaired) electrons. The van der Waals surface area contributed by atoms with Gasteiger partial charge in [0.2, 0.25) is 0 Å². The zero-order valence-electron chi connectivity index (χ0n) is 10.2. The van der Waals surface area contributed by atoms with Crippen molar-refractivity contribution in [3.8, 4) is 0 Å². The summed E-state index contributed by atoms with van der Waals surface area (Å²) in [5.41, 5.74) is -0.339. The van der Waals surface area contributed by atoms with Gasteiger partial charge >= 0.3 is 0 Å².